The number of carbonyl (C=O) groups excluding carboxylic acids is 1. The zero-order chi connectivity index (χ0) is 20.2. The molecule has 6 heteroatoms. The Morgan fingerprint density at radius 3 is 2.69 bits per heavy atom. The number of carbonyl (C=O) groups is 1. The van der Waals surface area contributed by atoms with E-state index >= 15 is 0 Å². The van der Waals surface area contributed by atoms with Gasteiger partial charge in [-0.1, -0.05) is 12.1 Å². The van der Waals surface area contributed by atoms with Crippen LogP contribution < -0.4 is 10.1 Å². The van der Waals surface area contributed by atoms with Gasteiger partial charge in [-0.25, -0.2) is 0 Å². The highest BCUT2D eigenvalue weighted by atomic mass is 16.5. The Balaban J connectivity index is 1.40. The van der Waals surface area contributed by atoms with Crippen LogP contribution in [0.5, 0.6) is 5.75 Å². The summed E-state index contributed by atoms with van der Waals surface area (Å²) >= 11 is 0. The molecule has 29 heavy (non-hydrogen) atoms. The van der Waals surface area contributed by atoms with Gasteiger partial charge in [0, 0.05) is 36.9 Å². The van der Waals surface area contributed by atoms with Gasteiger partial charge in [-0.2, -0.15) is 5.10 Å². The first-order valence-corrected chi connectivity index (χ1v) is 10.9. The summed E-state index contributed by atoms with van der Waals surface area (Å²) in [7, 11) is 1.69. The first-order valence-electron chi connectivity index (χ1n) is 10.9. The number of ether oxygens (including phenoxy) is 1. The van der Waals surface area contributed by atoms with Crippen LogP contribution >= 0.6 is 0 Å². The Morgan fingerprint density at radius 1 is 1.24 bits per heavy atom. The van der Waals surface area contributed by atoms with Crippen molar-refractivity contribution >= 4 is 5.91 Å². The van der Waals surface area contributed by atoms with Gasteiger partial charge in [0.05, 0.1) is 7.11 Å². The van der Waals surface area contributed by atoms with Crippen molar-refractivity contribution in [2.45, 2.75) is 58.0 Å². The Kier molecular flexibility index (Phi) is 6.19. The van der Waals surface area contributed by atoms with Crippen LogP contribution in [0.25, 0.3) is 0 Å². The SMILES string of the molecule is CCn1nc(C(=O)N2CCCC2)c2c1CC[C@H](NCCc1ccc(OC)cc1)C2. The molecule has 1 aromatic carbocycles. The summed E-state index contributed by atoms with van der Waals surface area (Å²) in [5.41, 5.74) is 4.45. The maximum absolute atomic E-state index is 13.0. The summed E-state index contributed by atoms with van der Waals surface area (Å²) in [5, 5.41) is 8.43. The third-order valence-corrected chi connectivity index (χ3v) is 6.25. The van der Waals surface area contributed by atoms with E-state index in [1.165, 1.54) is 16.8 Å². The lowest BCUT2D eigenvalue weighted by atomic mass is 9.91. The molecule has 1 atom stereocenters. The zero-order valence-corrected chi connectivity index (χ0v) is 17.6. The molecular weight excluding hydrogens is 364 g/mol. The summed E-state index contributed by atoms with van der Waals surface area (Å²) < 4.78 is 7.27. The largest absolute Gasteiger partial charge is 0.497 e. The van der Waals surface area contributed by atoms with E-state index in [9.17, 15) is 4.79 Å². The summed E-state index contributed by atoms with van der Waals surface area (Å²) in [6.07, 6.45) is 6.19. The molecule has 0 saturated carbocycles. The normalized spacial score (nSPS) is 18.7. The fourth-order valence-corrected chi connectivity index (χ4v) is 4.58. The van der Waals surface area contributed by atoms with Crippen molar-refractivity contribution in [3.63, 3.8) is 0 Å². The third kappa shape index (κ3) is 4.32. The lowest BCUT2D eigenvalue weighted by molar-refractivity contribution is 0.0785. The van der Waals surface area contributed by atoms with Crippen LogP contribution in [0.4, 0.5) is 0 Å². The highest BCUT2D eigenvalue weighted by Gasteiger charge is 2.31. The number of aryl methyl sites for hydroxylation is 1. The van der Waals surface area contributed by atoms with E-state index in [0.717, 1.165) is 70.5 Å². The van der Waals surface area contributed by atoms with E-state index in [1.54, 1.807) is 7.11 Å². The van der Waals surface area contributed by atoms with E-state index in [4.69, 9.17) is 9.84 Å². The summed E-state index contributed by atoms with van der Waals surface area (Å²) in [6.45, 7) is 5.61. The topological polar surface area (TPSA) is 59.4 Å². The van der Waals surface area contributed by atoms with Crippen molar-refractivity contribution in [2.24, 2.45) is 0 Å². The van der Waals surface area contributed by atoms with Crippen LogP contribution in [0.1, 0.15) is 53.5 Å². The first-order chi connectivity index (χ1) is 14.2. The minimum atomic E-state index is 0.129. The quantitative estimate of drug-likeness (QED) is 0.782. The number of likely N-dealkylation sites (tertiary alicyclic amines) is 1. The minimum Gasteiger partial charge on any atom is -0.497 e. The average molecular weight is 397 g/mol. The van der Waals surface area contributed by atoms with Crippen molar-refractivity contribution in [2.75, 3.05) is 26.7 Å². The van der Waals surface area contributed by atoms with Crippen LogP contribution in [-0.2, 0) is 25.8 Å². The van der Waals surface area contributed by atoms with Gasteiger partial charge in [0.15, 0.2) is 5.69 Å². The van der Waals surface area contributed by atoms with Gasteiger partial charge in [-0.3, -0.25) is 9.48 Å². The molecule has 2 aliphatic rings. The summed E-state index contributed by atoms with van der Waals surface area (Å²) in [6, 6.07) is 8.67. The van der Waals surface area contributed by atoms with Gasteiger partial charge in [-0.05, 0) is 69.7 Å². The molecule has 6 nitrogen and oxygen atoms in total. The highest BCUT2D eigenvalue weighted by Crippen LogP contribution is 2.27. The van der Waals surface area contributed by atoms with Crippen molar-refractivity contribution in [1.29, 1.82) is 0 Å². The number of benzene rings is 1. The molecule has 1 aromatic heterocycles. The number of hydrogen-bond donors (Lipinski definition) is 1. The predicted octanol–water partition coefficient (Wildman–Crippen LogP) is 2.84. The van der Waals surface area contributed by atoms with E-state index in [0.29, 0.717) is 11.7 Å². The molecule has 4 rings (SSSR count). The molecule has 2 aromatic rings. The Labute approximate surface area is 173 Å². The van der Waals surface area contributed by atoms with Crippen LogP contribution in [0.2, 0.25) is 0 Å². The predicted molar refractivity (Wildman–Crippen MR) is 114 cm³/mol. The second-order valence-electron chi connectivity index (χ2n) is 8.08. The van der Waals surface area contributed by atoms with E-state index in [2.05, 4.69) is 24.4 Å². The standard InChI is InChI=1S/C23H32N4O2/c1-3-27-21-11-8-18(24-13-12-17-6-9-19(29-2)10-7-17)16-20(21)22(25-27)23(28)26-14-4-5-15-26/h6-7,9-10,18,24H,3-5,8,11-16H2,1-2H3/t18-/m0/s1. The smallest absolute Gasteiger partial charge is 0.274 e. The third-order valence-electron chi connectivity index (χ3n) is 6.25. The van der Waals surface area contributed by atoms with Gasteiger partial charge in [0.1, 0.15) is 5.75 Å². The monoisotopic (exact) mass is 396 g/mol. The highest BCUT2D eigenvalue weighted by molar-refractivity contribution is 5.94. The molecule has 1 N–H and O–H groups in total. The molecule has 1 fully saturated rings. The molecule has 1 aliphatic carbocycles. The fraction of sp³-hybridized carbons (Fsp3) is 0.565. The van der Waals surface area contributed by atoms with Gasteiger partial charge >= 0.3 is 0 Å². The maximum Gasteiger partial charge on any atom is 0.274 e. The Morgan fingerprint density at radius 2 is 2.00 bits per heavy atom. The van der Waals surface area contributed by atoms with E-state index in [-0.39, 0.29) is 5.91 Å². The first kappa shape index (κ1) is 20.0. The molecule has 1 amide bonds. The van der Waals surface area contributed by atoms with Crippen molar-refractivity contribution < 1.29 is 9.53 Å². The van der Waals surface area contributed by atoms with E-state index < -0.39 is 0 Å². The second-order valence-corrected chi connectivity index (χ2v) is 8.08. The van der Waals surface area contributed by atoms with Crippen molar-refractivity contribution in [1.82, 2.24) is 20.0 Å². The minimum absolute atomic E-state index is 0.129. The second kappa shape index (κ2) is 8.99. The lowest BCUT2D eigenvalue weighted by Crippen LogP contribution is -2.37. The molecule has 0 unspecified atom stereocenters. The number of hydrogen-bond acceptors (Lipinski definition) is 4. The maximum atomic E-state index is 13.0. The molecule has 2 heterocycles. The van der Waals surface area contributed by atoms with Crippen molar-refractivity contribution in [3.8, 4) is 5.75 Å². The molecule has 0 radical (unpaired) electrons. The van der Waals surface area contributed by atoms with Gasteiger partial charge < -0.3 is 15.0 Å². The summed E-state index contributed by atoms with van der Waals surface area (Å²) in [5.74, 6) is 1.02. The Hall–Kier alpha value is -2.34. The zero-order valence-electron chi connectivity index (χ0n) is 17.6. The number of methoxy groups -OCH3 is 1. The molecular formula is C23H32N4O2. The van der Waals surface area contributed by atoms with E-state index in [1.807, 2.05) is 21.7 Å². The number of nitrogens with zero attached hydrogens (tertiary/aromatic N) is 3. The van der Waals surface area contributed by atoms with Crippen LogP contribution in [0.3, 0.4) is 0 Å². The van der Waals surface area contributed by atoms with Crippen molar-refractivity contribution in [3.05, 3.63) is 46.8 Å². The van der Waals surface area contributed by atoms with Crippen LogP contribution in [0.15, 0.2) is 24.3 Å². The summed E-state index contributed by atoms with van der Waals surface area (Å²) in [4.78, 5) is 15.0. The van der Waals surface area contributed by atoms with Gasteiger partial charge in [0.25, 0.3) is 5.91 Å². The number of rotatable bonds is 7. The van der Waals surface area contributed by atoms with Crippen LogP contribution in [-0.4, -0.2) is 53.4 Å². The molecule has 1 saturated heterocycles. The fourth-order valence-electron chi connectivity index (χ4n) is 4.58. The van der Waals surface area contributed by atoms with Gasteiger partial charge in [-0.15, -0.1) is 0 Å². The van der Waals surface area contributed by atoms with Gasteiger partial charge in [0.2, 0.25) is 0 Å². The number of aromatic nitrogens is 2. The molecule has 0 spiro atoms. The Bertz CT molecular complexity index is 837. The number of fused-ring (bicyclic) bond motifs is 1. The lowest BCUT2D eigenvalue weighted by Gasteiger charge is -2.25. The van der Waals surface area contributed by atoms with Crippen LogP contribution in [0, 0.1) is 0 Å². The number of amides is 1. The average Bonchev–Trinajstić information content (AvgIpc) is 3.42. The molecule has 1 aliphatic heterocycles. The molecule has 0 bridgehead atoms. The number of nitrogens with one attached hydrogen (secondary N) is 1. The molecule has 156 valence electrons.